The van der Waals surface area contributed by atoms with Gasteiger partial charge in [0.1, 0.15) is 11.5 Å². The van der Waals surface area contributed by atoms with Gasteiger partial charge in [0.15, 0.2) is 0 Å². The molecule has 1 unspecified atom stereocenters. The molecular weight excluding hydrogens is 318 g/mol. The molecule has 0 fully saturated rings. The normalized spacial score (nSPS) is 17.4. The number of rotatable bonds is 6. The number of fused-ring (bicyclic) bond motifs is 1. The molecule has 0 saturated carbocycles. The van der Waals surface area contributed by atoms with E-state index >= 15 is 0 Å². The van der Waals surface area contributed by atoms with Crippen molar-refractivity contribution in [2.75, 3.05) is 13.2 Å². The average molecular weight is 339 g/mol. The van der Waals surface area contributed by atoms with Crippen molar-refractivity contribution in [2.45, 2.75) is 32.5 Å². The maximum Gasteiger partial charge on any atom is 0.137 e. The van der Waals surface area contributed by atoms with E-state index in [4.69, 9.17) is 9.26 Å². The predicted octanol–water partition coefficient (Wildman–Crippen LogP) is 2.60. The lowest BCUT2D eigenvalue weighted by Gasteiger charge is -2.33. The van der Waals surface area contributed by atoms with E-state index in [0.29, 0.717) is 6.61 Å². The number of nitrogens with zero attached hydrogens (tertiary/aromatic N) is 5. The zero-order chi connectivity index (χ0) is 17.1. The minimum Gasteiger partial charge on any atom is -0.492 e. The summed E-state index contributed by atoms with van der Waals surface area (Å²) in [6, 6.07) is 8.15. The van der Waals surface area contributed by atoms with Crippen LogP contribution in [0.2, 0.25) is 0 Å². The van der Waals surface area contributed by atoms with E-state index in [0.717, 1.165) is 43.3 Å². The fourth-order valence-electron chi connectivity index (χ4n) is 3.27. The third-order valence-corrected chi connectivity index (χ3v) is 4.37. The van der Waals surface area contributed by atoms with Crippen LogP contribution in [-0.4, -0.2) is 38.0 Å². The van der Waals surface area contributed by atoms with Gasteiger partial charge in [0.2, 0.25) is 0 Å². The Morgan fingerprint density at radius 2 is 2.28 bits per heavy atom. The van der Waals surface area contributed by atoms with E-state index in [2.05, 4.69) is 30.9 Å². The van der Waals surface area contributed by atoms with E-state index < -0.39 is 0 Å². The van der Waals surface area contributed by atoms with Gasteiger partial charge in [0.25, 0.3) is 0 Å². The van der Waals surface area contributed by atoms with Crippen LogP contribution in [0, 0.1) is 6.92 Å². The monoisotopic (exact) mass is 339 g/mol. The van der Waals surface area contributed by atoms with Gasteiger partial charge in [-0.25, -0.2) is 0 Å². The molecule has 1 atom stereocenters. The average Bonchev–Trinajstić information content (AvgIpc) is 3.25. The lowest BCUT2D eigenvalue weighted by molar-refractivity contribution is 0.144. The van der Waals surface area contributed by atoms with Gasteiger partial charge in [-0.05, 0) is 25.1 Å². The summed E-state index contributed by atoms with van der Waals surface area (Å²) >= 11 is 0. The fourth-order valence-corrected chi connectivity index (χ4v) is 3.27. The van der Waals surface area contributed by atoms with Crippen molar-refractivity contribution in [3.8, 4) is 5.75 Å². The highest BCUT2D eigenvalue weighted by Crippen LogP contribution is 2.24. The SMILES string of the molecule is Cc1cc(CN2Cc3ccnn3C(CCOc3cccnc3)C2)no1. The number of ether oxygens (including phenoxy) is 1. The molecule has 0 radical (unpaired) electrons. The van der Waals surface area contributed by atoms with Crippen molar-refractivity contribution in [1.29, 1.82) is 0 Å². The summed E-state index contributed by atoms with van der Waals surface area (Å²) in [6.07, 6.45) is 6.24. The lowest BCUT2D eigenvalue weighted by Crippen LogP contribution is -2.37. The first-order chi connectivity index (χ1) is 12.3. The molecular formula is C18H21N5O2. The molecule has 3 aromatic heterocycles. The second-order valence-electron chi connectivity index (χ2n) is 6.35. The summed E-state index contributed by atoms with van der Waals surface area (Å²) in [7, 11) is 0. The summed E-state index contributed by atoms with van der Waals surface area (Å²) in [5.41, 5.74) is 2.19. The van der Waals surface area contributed by atoms with Crippen molar-refractivity contribution in [3.05, 3.63) is 60.0 Å². The number of aromatic nitrogens is 4. The predicted molar refractivity (Wildman–Crippen MR) is 91.0 cm³/mol. The summed E-state index contributed by atoms with van der Waals surface area (Å²) in [5.74, 6) is 1.65. The number of hydrogen-bond donors (Lipinski definition) is 0. The van der Waals surface area contributed by atoms with Crippen LogP contribution in [0.5, 0.6) is 5.75 Å². The summed E-state index contributed by atoms with van der Waals surface area (Å²) in [5, 5.41) is 8.61. The number of hydrogen-bond acceptors (Lipinski definition) is 6. The summed E-state index contributed by atoms with van der Waals surface area (Å²) < 4.78 is 13.1. The number of pyridine rings is 1. The summed E-state index contributed by atoms with van der Waals surface area (Å²) in [4.78, 5) is 6.45. The minimum absolute atomic E-state index is 0.281. The largest absolute Gasteiger partial charge is 0.492 e. The molecule has 4 heterocycles. The maximum absolute atomic E-state index is 5.81. The van der Waals surface area contributed by atoms with Crippen molar-refractivity contribution in [1.82, 2.24) is 24.8 Å². The molecule has 0 saturated heterocycles. The molecule has 25 heavy (non-hydrogen) atoms. The van der Waals surface area contributed by atoms with Gasteiger partial charge in [0.05, 0.1) is 30.2 Å². The Hall–Kier alpha value is -2.67. The van der Waals surface area contributed by atoms with Crippen LogP contribution in [0.4, 0.5) is 0 Å². The van der Waals surface area contributed by atoms with E-state index in [1.807, 2.05) is 31.3 Å². The highest BCUT2D eigenvalue weighted by molar-refractivity contribution is 5.15. The van der Waals surface area contributed by atoms with Crippen LogP contribution < -0.4 is 4.74 Å². The summed E-state index contributed by atoms with van der Waals surface area (Å²) in [6.45, 7) is 5.11. The molecule has 3 aromatic rings. The van der Waals surface area contributed by atoms with E-state index in [1.54, 1.807) is 12.4 Å². The lowest BCUT2D eigenvalue weighted by atomic mass is 10.1. The standard InChI is InChI=1S/C18H21N5O2/c1-14-9-15(21-25-14)11-22-12-16-4-7-20-23(16)17(13-22)5-8-24-18-3-2-6-19-10-18/h2-4,6-7,9-10,17H,5,8,11-13H2,1H3. The van der Waals surface area contributed by atoms with Crippen molar-refractivity contribution < 1.29 is 9.26 Å². The highest BCUT2D eigenvalue weighted by Gasteiger charge is 2.26. The fraction of sp³-hybridized carbons (Fsp3) is 0.389. The van der Waals surface area contributed by atoms with Gasteiger partial charge < -0.3 is 9.26 Å². The zero-order valence-corrected chi connectivity index (χ0v) is 14.2. The molecule has 1 aliphatic heterocycles. The van der Waals surface area contributed by atoms with Crippen LogP contribution >= 0.6 is 0 Å². The minimum atomic E-state index is 0.281. The van der Waals surface area contributed by atoms with Gasteiger partial charge in [-0.1, -0.05) is 5.16 Å². The Bertz CT molecular complexity index is 814. The second-order valence-corrected chi connectivity index (χ2v) is 6.35. The highest BCUT2D eigenvalue weighted by atomic mass is 16.5. The second kappa shape index (κ2) is 7.06. The van der Waals surface area contributed by atoms with E-state index in [-0.39, 0.29) is 6.04 Å². The van der Waals surface area contributed by atoms with Crippen LogP contribution in [0.3, 0.4) is 0 Å². The van der Waals surface area contributed by atoms with Crippen LogP contribution in [0.25, 0.3) is 0 Å². The topological polar surface area (TPSA) is 69.2 Å². The molecule has 7 nitrogen and oxygen atoms in total. The Morgan fingerprint density at radius 3 is 3.08 bits per heavy atom. The Balaban J connectivity index is 1.40. The Morgan fingerprint density at radius 1 is 1.32 bits per heavy atom. The molecule has 0 aromatic carbocycles. The van der Waals surface area contributed by atoms with E-state index in [9.17, 15) is 0 Å². The van der Waals surface area contributed by atoms with Gasteiger partial charge in [-0.2, -0.15) is 5.10 Å². The van der Waals surface area contributed by atoms with Crippen LogP contribution in [0.15, 0.2) is 47.4 Å². The molecule has 4 rings (SSSR count). The first kappa shape index (κ1) is 15.8. The molecule has 0 spiro atoms. The van der Waals surface area contributed by atoms with Crippen molar-refractivity contribution in [3.63, 3.8) is 0 Å². The third-order valence-electron chi connectivity index (χ3n) is 4.37. The third kappa shape index (κ3) is 3.71. The van der Waals surface area contributed by atoms with Gasteiger partial charge >= 0.3 is 0 Å². The van der Waals surface area contributed by atoms with Gasteiger partial charge in [-0.3, -0.25) is 14.6 Å². The molecule has 0 aliphatic carbocycles. The maximum atomic E-state index is 5.81. The Kier molecular flexibility index (Phi) is 4.47. The molecule has 0 amide bonds. The van der Waals surface area contributed by atoms with Crippen LogP contribution in [-0.2, 0) is 13.1 Å². The molecule has 130 valence electrons. The van der Waals surface area contributed by atoms with Gasteiger partial charge in [0, 0.05) is 44.5 Å². The zero-order valence-electron chi connectivity index (χ0n) is 14.2. The number of aryl methyl sites for hydroxylation is 1. The smallest absolute Gasteiger partial charge is 0.137 e. The molecule has 0 bridgehead atoms. The van der Waals surface area contributed by atoms with Gasteiger partial charge in [-0.15, -0.1) is 0 Å². The van der Waals surface area contributed by atoms with E-state index in [1.165, 1.54) is 5.69 Å². The van der Waals surface area contributed by atoms with Crippen molar-refractivity contribution in [2.24, 2.45) is 0 Å². The molecule has 7 heteroatoms. The molecule has 0 N–H and O–H groups in total. The quantitative estimate of drug-likeness (QED) is 0.687. The van der Waals surface area contributed by atoms with Crippen molar-refractivity contribution >= 4 is 0 Å². The Labute approximate surface area is 146 Å². The first-order valence-electron chi connectivity index (χ1n) is 8.48. The first-order valence-corrected chi connectivity index (χ1v) is 8.48. The molecule has 1 aliphatic rings. The van der Waals surface area contributed by atoms with Crippen LogP contribution in [0.1, 0.15) is 29.6 Å².